The number of terminal acetylenes is 1. The lowest BCUT2D eigenvalue weighted by molar-refractivity contribution is 0.263. The van der Waals surface area contributed by atoms with Crippen LogP contribution in [0, 0.1) is 12.3 Å². The molecule has 2 heterocycles. The van der Waals surface area contributed by atoms with Gasteiger partial charge in [0.15, 0.2) is 0 Å². The number of hydrogen-bond acceptors (Lipinski definition) is 5. The van der Waals surface area contributed by atoms with Gasteiger partial charge in [0, 0.05) is 50.6 Å². The molecule has 0 amide bonds. The number of benzene rings is 1. The van der Waals surface area contributed by atoms with Crippen molar-refractivity contribution in [3.05, 3.63) is 39.9 Å². The lowest BCUT2D eigenvalue weighted by atomic mass is 10.2. The van der Waals surface area contributed by atoms with Crippen LogP contribution in [0.25, 0.3) is 0 Å². The van der Waals surface area contributed by atoms with Gasteiger partial charge in [-0.05, 0) is 17.7 Å². The fourth-order valence-electron chi connectivity index (χ4n) is 2.61. The highest BCUT2D eigenvalue weighted by Gasteiger charge is 2.19. The Morgan fingerprint density at radius 2 is 1.87 bits per heavy atom. The lowest BCUT2D eigenvalue weighted by Crippen LogP contribution is -2.46. The van der Waals surface area contributed by atoms with Crippen molar-refractivity contribution in [2.75, 3.05) is 37.6 Å². The molecule has 23 heavy (non-hydrogen) atoms. The van der Waals surface area contributed by atoms with Gasteiger partial charge in [0.05, 0.1) is 0 Å². The molecule has 0 radical (unpaired) electrons. The van der Waals surface area contributed by atoms with E-state index in [1.165, 1.54) is 5.56 Å². The second-order valence-corrected chi connectivity index (χ2v) is 7.04. The van der Waals surface area contributed by atoms with Crippen LogP contribution < -0.4 is 4.90 Å². The molecule has 1 aliphatic rings. The summed E-state index contributed by atoms with van der Waals surface area (Å²) in [5.41, 5.74) is 1.20. The van der Waals surface area contributed by atoms with E-state index in [0.29, 0.717) is 0 Å². The number of halogens is 1. The first-order valence-corrected chi connectivity index (χ1v) is 8.91. The van der Waals surface area contributed by atoms with Crippen molar-refractivity contribution in [1.29, 1.82) is 0 Å². The first-order valence-electron chi connectivity index (χ1n) is 7.72. The summed E-state index contributed by atoms with van der Waals surface area (Å²) in [5.74, 6) is 2.70. The molecule has 0 bridgehead atoms. The van der Waals surface area contributed by atoms with E-state index in [1.807, 2.05) is 24.3 Å². The number of rotatable bonds is 5. The molecule has 0 saturated carbocycles. The van der Waals surface area contributed by atoms with Gasteiger partial charge in [0.2, 0.25) is 5.13 Å². The molecule has 1 aromatic heterocycles. The van der Waals surface area contributed by atoms with Crippen LogP contribution in [0.2, 0.25) is 5.02 Å². The van der Waals surface area contributed by atoms with Gasteiger partial charge in [-0.1, -0.05) is 35.1 Å². The van der Waals surface area contributed by atoms with Crippen LogP contribution in [-0.2, 0) is 6.42 Å². The maximum absolute atomic E-state index is 5.92. The van der Waals surface area contributed by atoms with E-state index in [2.05, 4.69) is 25.9 Å². The molecule has 0 N–H and O–H groups in total. The number of nitrogens with zero attached hydrogens (tertiary/aromatic N) is 4. The summed E-state index contributed by atoms with van der Waals surface area (Å²) in [6.07, 6.45) is 6.95. The Balaban J connectivity index is 1.55. The topological polar surface area (TPSA) is 32.3 Å². The van der Waals surface area contributed by atoms with Crippen molar-refractivity contribution in [3.63, 3.8) is 0 Å². The smallest absolute Gasteiger partial charge is 0.208 e. The average Bonchev–Trinajstić information content (AvgIpc) is 3.04. The minimum absolute atomic E-state index is 0.759. The second-order valence-electron chi connectivity index (χ2n) is 5.56. The minimum Gasteiger partial charge on any atom is -0.344 e. The summed E-state index contributed by atoms with van der Waals surface area (Å²) < 4.78 is 0. The summed E-state index contributed by atoms with van der Waals surface area (Å²) in [7, 11) is 0. The summed E-state index contributed by atoms with van der Waals surface area (Å²) in [4.78, 5) is 4.72. The van der Waals surface area contributed by atoms with Gasteiger partial charge < -0.3 is 4.90 Å². The van der Waals surface area contributed by atoms with E-state index in [0.717, 1.165) is 60.7 Å². The zero-order chi connectivity index (χ0) is 16.1. The van der Waals surface area contributed by atoms with Crippen LogP contribution in [0.4, 0.5) is 5.13 Å². The Bertz CT molecular complexity index is 669. The SMILES string of the molecule is C#CCCN1CCN(c2nnc(Cc3ccc(Cl)cc3)s2)CC1. The Labute approximate surface area is 146 Å². The highest BCUT2D eigenvalue weighted by molar-refractivity contribution is 7.15. The van der Waals surface area contributed by atoms with E-state index in [-0.39, 0.29) is 0 Å². The van der Waals surface area contributed by atoms with Crippen molar-refractivity contribution in [1.82, 2.24) is 15.1 Å². The zero-order valence-electron chi connectivity index (χ0n) is 12.9. The van der Waals surface area contributed by atoms with Crippen molar-refractivity contribution in [3.8, 4) is 12.3 Å². The summed E-state index contributed by atoms with van der Waals surface area (Å²) in [5, 5.41) is 11.5. The maximum Gasteiger partial charge on any atom is 0.208 e. The summed E-state index contributed by atoms with van der Waals surface area (Å²) in [6.45, 7) is 5.03. The normalized spacial score (nSPS) is 15.6. The van der Waals surface area contributed by atoms with Gasteiger partial charge in [-0.15, -0.1) is 22.5 Å². The van der Waals surface area contributed by atoms with Crippen LogP contribution in [0.5, 0.6) is 0 Å². The van der Waals surface area contributed by atoms with Gasteiger partial charge >= 0.3 is 0 Å². The molecule has 0 unspecified atom stereocenters. The molecule has 1 fully saturated rings. The molecule has 6 heteroatoms. The molecule has 1 aliphatic heterocycles. The highest BCUT2D eigenvalue weighted by Crippen LogP contribution is 2.24. The number of piperazine rings is 1. The molecular formula is C17H19ClN4S. The second kappa shape index (κ2) is 7.78. The van der Waals surface area contributed by atoms with E-state index < -0.39 is 0 Å². The molecule has 3 rings (SSSR count). The standard InChI is InChI=1S/C17H19ClN4S/c1-2-3-8-21-9-11-22(12-10-21)17-20-19-16(23-17)13-14-4-6-15(18)7-5-14/h1,4-7H,3,8-13H2. The molecule has 0 atom stereocenters. The Morgan fingerprint density at radius 1 is 1.13 bits per heavy atom. The third-order valence-corrected chi connectivity index (χ3v) is 5.18. The van der Waals surface area contributed by atoms with Gasteiger partial charge in [-0.3, -0.25) is 4.90 Å². The largest absolute Gasteiger partial charge is 0.344 e. The zero-order valence-corrected chi connectivity index (χ0v) is 14.5. The van der Waals surface area contributed by atoms with Crippen LogP contribution in [0.1, 0.15) is 17.0 Å². The molecule has 1 saturated heterocycles. The Hall–Kier alpha value is -1.61. The van der Waals surface area contributed by atoms with Gasteiger partial charge in [0.1, 0.15) is 5.01 Å². The number of aromatic nitrogens is 2. The predicted octanol–water partition coefficient (Wildman–Crippen LogP) is 2.93. The summed E-state index contributed by atoms with van der Waals surface area (Å²) in [6, 6.07) is 7.89. The molecule has 0 aliphatic carbocycles. The van der Waals surface area contributed by atoms with E-state index in [1.54, 1.807) is 11.3 Å². The molecule has 120 valence electrons. The highest BCUT2D eigenvalue weighted by atomic mass is 35.5. The Morgan fingerprint density at radius 3 is 2.57 bits per heavy atom. The van der Waals surface area contributed by atoms with E-state index >= 15 is 0 Å². The number of hydrogen-bond donors (Lipinski definition) is 0. The van der Waals surface area contributed by atoms with Gasteiger partial charge in [0.25, 0.3) is 0 Å². The van der Waals surface area contributed by atoms with Crippen molar-refractivity contribution >= 4 is 28.1 Å². The fourth-order valence-corrected chi connectivity index (χ4v) is 3.66. The molecule has 2 aromatic rings. The van der Waals surface area contributed by atoms with Gasteiger partial charge in [-0.2, -0.15) is 0 Å². The molecule has 4 nitrogen and oxygen atoms in total. The minimum atomic E-state index is 0.759. The number of anilines is 1. The third-order valence-electron chi connectivity index (χ3n) is 3.94. The van der Waals surface area contributed by atoms with Crippen LogP contribution in [-0.4, -0.2) is 47.8 Å². The molecular weight excluding hydrogens is 328 g/mol. The van der Waals surface area contributed by atoms with Crippen LogP contribution in [0.15, 0.2) is 24.3 Å². The van der Waals surface area contributed by atoms with Crippen molar-refractivity contribution in [2.24, 2.45) is 0 Å². The van der Waals surface area contributed by atoms with E-state index in [9.17, 15) is 0 Å². The first kappa shape index (κ1) is 16.3. The monoisotopic (exact) mass is 346 g/mol. The Kier molecular flexibility index (Phi) is 5.50. The summed E-state index contributed by atoms with van der Waals surface area (Å²) >= 11 is 7.59. The van der Waals surface area contributed by atoms with E-state index in [4.69, 9.17) is 18.0 Å². The average molecular weight is 347 g/mol. The van der Waals surface area contributed by atoms with Crippen LogP contribution in [0.3, 0.4) is 0 Å². The predicted molar refractivity (Wildman–Crippen MR) is 96.3 cm³/mol. The maximum atomic E-state index is 5.92. The fraction of sp³-hybridized carbons (Fsp3) is 0.412. The van der Waals surface area contributed by atoms with Crippen LogP contribution >= 0.6 is 22.9 Å². The van der Waals surface area contributed by atoms with Gasteiger partial charge in [-0.25, -0.2) is 0 Å². The van der Waals surface area contributed by atoms with Crippen molar-refractivity contribution < 1.29 is 0 Å². The van der Waals surface area contributed by atoms with Crippen molar-refractivity contribution in [2.45, 2.75) is 12.8 Å². The molecule has 1 aromatic carbocycles. The first-order chi connectivity index (χ1) is 11.2. The lowest BCUT2D eigenvalue weighted by Gasteiger charge is -2.33. The third kappa shape index (κ3) is 4.44. The molecule has 0 spiro atoms. The quantitative estimate of drug-likeness (QED) is 0.779.